The largest absolute Gasteiger partial charge is 0.388 e. The number of aliphatic hydroxyl groups is 5. The number of hydrogen-bond acceptors (Lipinski definition) is 8. The van der Waals surface area contributed by atoms with Crippen LogP contribution in [0.1, 0.15) is 82.6 Å². The van der Waals surface area contributed by atoms with Crippen LogP contribution in [-0.2, 0) is 14.3 Å². The van der Waals surface area contributed by atoms with Gasteiger partial charge in [-0.3, -0.25) is 4.79 Å². The van der Waals surface area contributed by atoms with E-state index in [9.17, 15) is 30.3 Å². The van der Waals surface area contributed by atoms with E-state index in [1.807, 2.05) is 126 Å². The molecule has 8 heteroatoms. The summed E-state index contributed by atoms with van der Waals surface area (Å²) in [5, 5.41) is 51.1. The molecule has 0 spiro atoms. The Morgan fingerprint density at radius 1 is 0.741 bits per heavy atom. The first-order valence-corrected chi connectivity index (χ1v) is 18.6. The molecule has 0 saturated carbocycles. The fourth-order valence-corrected chi connectivity index (χ4v) is 5.85. The number of carbonyl (C=O) groups excluding carboxylic acids is 1. The van der Waals surface area contributed by atoms with Crippen LogP contribution in [0, 0.1) is 5.41 Å². The molecular weight excluding hydrogens is 680 g/mol. The highest BCUT2D eigenvalue weighted by Crippen LogP contribution is 2.39. The summed E-state index contributed by atoms with van der Waals surface area (Å²) < 4.78 is 11.4. The number of allylic oxidation sites excluding steroid dienone is 22. The first-order valence-electron chi connectivity index (χ1n) is 18.6. The lowest BCUT2D eigenvalue weighted by molar-refractivity contribution is -0.309. The van der Waals surface area contributed by atoms with E-state index in [0.717, 1.165) is 33.4 Å². The second-order valence-electron chi connectivity index (χ2n) is 15.6. The van der Waals surface area contributed by atoms with Gasteiger partial charge in [0.15, 0.2) is 12.1 Å². The first-order chi connectivity index (χ1) is 25.1. The summed E-state index contributed by atoms with van der Waals surface area (Å²) >= 11 is 0. The lowest BCUT2D eigenvalue weighted by atomic mass is 9.71. The molecular formula is C46H64O8. The van der Waals surface area contributed by atoms with Crippen LogP contribution in [0.5, 0.6) is 0 Å². The van der Waals surface area contributed by atoms with Gasteiger partial charge in [0, 0.05) is 0 Å². The van der Waals surface area contributed by atoms with E-state index >= 15 is 0 Å². The average Bonchev–Trinajstić information content (AvgIpc) is 3.07. The van der Waals surface area contributed by atoms with Crippen molar-refractivity contribution < 1.29 is 39.8 Å². The van der Waals surface area contributed by atoms with E-state index < -0.39 is 48.5 Å². The molecule has 0 aromatic heterocycles. The first kappa shape index (κ1) is 46.4. The molecule has 8 nitrogen and oxygen atoms in total. The maximum absolute atomic E-state index is 12.3. The van der Waals surface area contributed by atoms with Gasteiger partial charge in [0.2, 0.25) is 0 Å². The summed E-state index contributed by atoms with van der Waals surface area (Å²) in [7, 11) is 0. The van der Waals surface area contributed by atoms with Crippen molar-refractivity contribution in [3.05, 3.63) is 142 Å². The number of Topliss-reactive ketones (excluding diaryl/α,β-unsaturated/α-hetero) is 1. The molecule has 0 aromatic rings. The molecule has 1 aliphatic carbocycles. The summed E-state index contributed by atoms with van der Waals surface area (Å²) in [4.78, 5) is 12.3. The van der Waals surface area contributed by atoms with Gasteiger partial charge in [-0.25, -0.2) is 0 Å². The molecule has 54 heavy (non-hydrogen) atoms. The van der Waals surface area contributed by atoms with Gasteiger partial charge in [0.1, 0.15) is 30.5 Å². The molecule has 0 unspecified atom stereocenters. The minimum atomic E-state index is -1.46. The molecule has 1 aliphatic heterocycles. The quantitative estimate of drug-likeness (QED) is 0.108. The van der Waals surface area contributed by atoms with E-state index in [0.29, 0.717) is 12.0 Å². The lowest BCUT2D eigenvalue weighted by Gasteiger charge is -2.41. The zero-order valence-corrected chi connectivity index (χ0v) is 34.0. The average molecular weight is 745 g/mol. The van der Waals surface area contributed by atoms with Gasteiger partial charge in [-0.15, -0.1) is 0 Å². The third-order valence-corrected chi connectivity index (χ3v) is 9.33. The maximum atomic E-state index is 12.3. The van der Waals surface area contributed by atoms with Crippen LogP contribution in [0.15, 0.2) is 142 Å². The van der Waals surface area contributed by atoms with Crippen molar-refractivity contribution in [2.24, 2.45) is 5.41 Å². The Morgan fingerprint density at radius 2 is 1.19 bits per heavy atom. The van der Waals surface area contributed by atoms with Crippen molar-refractivity contribution >= 4 is 5.78 Å². The maximum Gasteiger partial charge on any atom is 0.187 e. The zero-order valence-electron chi connectivity index (χ0n) is 34.0. The number of rotatable bonds is 15. The Bertz CT molecular complexity index is 1660. The molecule has 7 atom stereocenters. The minimum Gasteiger partial charge on any atom is -0.388 e. The summed E-state index contributed by atoms with van der Waals surface area (Å²) in [5.74, 6) is -0.184. The third kappa shape index (κ3) is 15.2. The highest BCUT2D eigenvalue weighted by Gasteiger charge is 2.44. The Balaban J connectivity index is 1.91. The van der Waals surface area contributed by atoms with Crippen LogP contribution in [0.4, 0.5) is 0 Å². The van der Waals surface area contributed by atoms with Gasteiger partial charge in [-0.1, -0.05) is 145 Å². The number of hydrogen-bond donors (Lipinski definition) is 5. The fourth-order valence-electron chi connectivity index (χ4n) is 5.85. The Labute approximate surface area is 323 Å². The number of aliphatic hydroxyl groups excluding tert-OH is 4. The molecule has 1 fully saturated rings. The van der Waals surface area contributed by atoms with Crippen LogP contribution in [0.2, 0.25) is 0 Å². The lowest BCUT2D eigenvalue weighted by Crippen LogP contribution is -2.58. The van der Waals surface area contributed by atoms with Gasteiger partial charge in [-0.2, -0.15) is 0 Å². The molecule has 0 radical (unpaired) electrons. The number of ketones is 1. The van der Waals surface area contributed by atoms with Crippen molar-refractivity contribution in [1.82, 2.24) is 0 Å². The van der Waals surface area contributed by atoms with Crippen LogP contribution < -0.4 is 0 Å². The van der Waals surface area contributed by atoms with Gasteiger partial charge in [-0.05, 0) is 85.3 Å². The van der Waals surface area contributed by atoms with E-state index in [1.54, 1.807) is 39.8 Å². The highest BCUT2D eigenvalue weighted by atomic mass is 16.7. The second-order valence-corrected chi connectivity index (χ2v) is 15.6. The molecule has 0 aromatic carbocycles. The van der Waals surface area contributed by atoms with E-state index in [-0.39, 0.29) is 11.2 Å². The fraction of sp³-hybridized carbons (Fsp3) is 0.457. The molecule has 2 aliphatic rings. The number of carbonyl (C=O) groups is 1. The SMILES string of the molecule is CC1=C(/C=C/C(C)=C/C=C/C(C)=C/C=C/C=C(C)/C=C/C=C(C)/C=C/C=C(C)/C=C/[C@H](O[C@@H]2O[C@H](C)[C@H](O)[C@@H](O)[C@H]2O)C(C)(C)O)C(C)(C)C[C@H](O)C1=O. The van der Waals surface area contributed by atoms with Crippen LogP contribution in [-0.4, -0.2) is 79.8 Å². The Morgan fingerprint density at radius 3 is 1.67 bits per heavy atom. The van der Waals surface area contributed by atoms with Crippen molar-refractivity contribution in [3.8, 4) is 0 Å². The second kappa shape index (κ2) is 21.4. The van der Waals surface area contributed by atoms with Gasteiger partial charge in [0.05, 0.1) is 11.7 Å². The standard InChI is InChI=1S/C46H64O8/c1-30(17-12-13-18-31(2)20-15-23-33(4)25-27-37-35(6)40(48)38(47)29-45(37,8)9)19-14-21-32(3)22-16-24-34(5)26-28-39(46(10,11)52)54-44-43(51)42(50)41(49)36(7)53-44/h12-28,36,38-39,41-44,47,49-52H,29H2,1-11H3/b13-12+,19-14+,20-15+,22-16+,27-25+,28-26+,30-17+,31-18+,32-21+,33-23+,34-24+/t36-,38+,39+,41+,42-,43-,44+/m1/s1. The summed E-state index contributed by atoms with van der Waals surface area (Å²) in [6.45, 7) is 20.7. The molecule has 296 valence electrons. The van der Waals surface area contributed by atoms with Crippen molar-refractivity contribution in [3.63, 3.8) is 0 Å². The monoisotopic (exact) mass is 744 g/mol. The summed E-state index contributed by atoms with van der Waals surface area (Å²) in [6, 6.07) is 0. The van der Waals surface area contributed by atoms with Crippen molar-refractivity contribution in [1.29, 1.82) is 0 Å². The smallest absolute Gasteiger partial charge is 0.187 e. The van der Waals surface area contributed by atoms with E-state index in [2.05, 4.69) is 13.8 Å². The number of ether oxygens (including phenoxy) is 2. The van der Waals surface area contributed by atoms with Crippen molar-refractivity contribution in [2.45, 2.75) is 131 Å². The molecule has 1 saturated heterocycles. The zero-order chi connectivity index (χ0) is 40.8. The highest BCUT2D eigenvalue weighted by molar-refractivity contribution is 6.00. The van der Waals surface area contributed by atoms with Crippen LogP contribution in [0.3, 0.4) is 0 Å². The van der Waals surface area contributed by atoms with Crippen molar-refractivity contribution in [2.75, 3.05) is 0 Å². The summed E-state index contributed by atoms with van der Waals surface area (Å²) in [6.07, 6.45) is 26.2. The van der Waals surface area contributed by atoms with Gasteiger partial charge in [0.25, 0.3) is 0 Å². The van der Waals surface area contributed by atoms with Gasteiger partial charge >= 0.3 is 0 Å². The molecule has 0 amide bonds. The summed E-state index contributed by atoms with van der Waals surface area (Å²) in [5.41, 5.74) is 5.28. The molecule has 5 N–H and O–H groups in total. The molecule has 0 bridgehead atoms. The predicted molar refractivity (Wildman–Crippen MR) is 219 cm³/mol. The Kier molecular flexibility index (Phi) is 18.4. The minimum absolute atomic E-state index is 0.184. The third-order valence-electron chi connectivity index (χ3n) is 9.33. The Hall–Kier alpha value is -3.73. The van der Waals surface area contributed by atoms with E-state index in [4.69, 9.17) is 9.47 Å². The molecule has 1 heterocycles. The van der Waals surface area contributed by atoms with E-state index in [1.165, 1.54) is 0 Å². The van der Waals surface area contributed by atoms with Crippen LogP contribution in [0.25, 0.3) is 0 Å². The van der Waals surface area contributed by atoms with Gasteiger partial charge < -0.3 is 35.0 Å². The van der Waals surface area contributed by atoms with Crippen LogP contribution >= 0.6 is 0 Å². The predicted octanol–water partition coefficient (Wildman–Crippen LogP) is 7.72. The normalized spacial score (nSPS) is 28.1. The molecule has 2 rings (SSSR count). The topological polar surface area (TPSA) is 137 Å².